The van der Waals surface area contributed by atoms with Crippen molar-refractivity contribution in [3.8, 4) is 11.5 Å². The van der Waals surface area contributed by atoms with Crippen LogP contribution < -0.4 is 15.2 Å². The summed E-state index contributed by atoms with van der Waals surface area (Å²) in [6.07, 6.45) is 0.894. The summed E-state index contributed by atoms with van der Waals surface area (Å²) < 4.78 is 11.0. The van der Waals surface area contributed by atoms with Gasteiger partial charge in [-0.3, -0.25) is 4.79 Å². The SMILES string of the molecule is CC[C@H](C)[C@H](N)C(=O)N(C)Cc1ccc2c(c1)OCCO2. The first-order valence-corrected chi connectivity index (χ1v) is 7.42. The number of carbonyl (C=O) groups is 1. The van der Waals surface area contributed by atoms with Crippen molar-refractivity contribution < 1.29 is 14.3 Å². The zero-order chi connectivity index (χ0) is 15.4. The van der Waals surface area contributed by atoms with Gasteiger partial charge >= 0.3 is 0 Å². The standard InChI is InChI=1S/C16H24N2O3/c1-4-11(2)15(17)16(19)18(3)10-12-5-6-13-14(9-12)21-8-7-20-13/h5-6,9,11,15H,4,7-8,10,17H2,1-3H3/t11-,15-/m0/s1. The van der Waals surface area contributed by atoms with Crippen LogP contribution in [0, 0.1) is 5.92 Å². The molecule has 0 bridgehead atoms. The number of carbonyl (C=O) groups excluding carboxylic acids is 1. The number of rotatable bonds is 5. The summed E-state index contributed by atoms with van der Waals surface area (Å²) in [5.74, 6) is 1.65. The normalized spacial score (nSPS) is 16.2. The first-order valence-electron chi connectivity index (χ1n) is 7.42. The van der Waals surface area contributed by atoms with E-state index in [-0.39, 0.29) is 11.8 Å². The number of hydrogen-bond acceptors (Lipinski definition) is 4. The molecule has 1 aliphatic heterocycles. The maximum atomic E-state index is 12.3. The molecule has 5 heteroatoms. The van der Waals surface area contributed by atoms with Crippen LogP contribution in [0.15, 0.2) is 18.2 Å². The summed E-state index contributed by atoms with van der Waals surface area (Å²) in [5.41, 5.74) is 7.01. The molecule has 0 saturated heterocycles. The number of hydrogen-bond donors (Lipinski definition) is 1. The Morgan fingerprint density at radius 2 is 2.00 bits per heavy atom. The Labute approximate surface area is 126 Å². The second-order valence-corrected chi connectivity index (χ2v) is 5.58. The molecule has 1 aliphatic rings. The Hall–Kier alpha value is -1.75. The van der Waals surface area contributed by atoms with E-state index in [4.69, 9.17) is 15.2 Å². The molecule has 1 aromatic rings. The van der Waals surface area contributed by atoms with E-state index in [0.29, 0.717) is 19.8 Å². The molecule has 1 aromatic carbocycles. The maximum absolute atomic E-state index is 12.3. The summed E-state index contributed by atoms with van der Waals surface area (Å²) >= 11 is 0. The molecule has 2 rings (SSSR count). The van der Waals surface area contributed by atoms with Crippen LogP contribution in [0.2, 0.25) is 0 Å². The van der Waals surface area contributed by atoms with Gasteiger partial charge in [0.05, 0.1) is 6.04 Å². The van der Waals surface area contributed by atoms with Gasteiger partial charge in [0, 0.05) is 13.6 Å². The molecule has 2 N–H and O–H groups in total. The molecule has 0 unspecified atom stereocenters. The zero-order valence-corrected chi connectivity index (χ0v) is 13.0. The lowest BCUT2D eigenvalue weighted by Crippen LogP contribution is -2.45. The fraction of sp³-hybridized carbons (Fsp3) is 0.562. The van der Waals surface area contributed by atoms with Crippen molar-refractivity contribution in [2.45, 2.75) is 32.9 Å². The quantitative estimate of drug-likeness (QED) is 0.898. The lowest BCUT2D eigenvalue weighted by molar-refractivity contribution is -0.132. The molecule has 116 valence electrons. The Morgan fingerprint density at radius 1 is 1.33 bits per heavy atom. The number of ether oxygens (including phenoxy) is 2. The highest BCUT2D eigenvalue weighted by molar-refractivity contribution is 5.81. The van der Waals surface area contributed by atoms with Crippen LogP contribution in [0.3, 0.4) is 0 Å². The first kappa shape index (κ1) is 15.6. The third-order valence-corrected chi connectivity index (χ3v) is 3.94. The summed E-state index contributed by atoms with van der Waals surface area (Å²) in [6, 6.07) is 5.31. The molecule has 0 fully saturated rings. The lowest BCUT2D eigenvalue weighted by Gasteiger charge is -2.25. The van der Waals surface area contributed by atoms with Crippen LogP contribution in [0.1, 0.15) is 25.8 Å². The predicted molar refractivity (Wildman–Crippen MR) is 81.3 cm³/mol. The van der Waals surface area contributed by atoms with Gasteiger partial charge in [-0.1, -0.05) is 26.3 Å². The molecule has 0 aromatic heterocycles. The van der Waals surface area contributed by atoms with Gasteiger partial charge in [0.15, 0.2) is 11.5 Å². The van der Waals surface area contributed by atoms with E-state index in [1.165, 1.54) is 0 Å². The van der Waals surface area contributed by atoms with Crippen LogP contribution >= 0.6 is 0 Å². The highest BCUT2D eigenvalue weighted by atomic mass is 16.6. The Bertz CT molecular complexity index is 504. The lowest BCUT2D eigenvalue weighted by atomic mass is 9.99. The second-order valence-electron chi connectivity index (χ2n) is 5.58. The van der Waals surface area contributed by atoms with Crippen LogP contribution in [-0.2, 0) is 11.3 Å². The van der Waals surface area contributed by atoms with Crippen molar-refractivity contribution >= 4 is 5.91 Å². The molecule has 2 atom stereocenters. The molecule has 0 radical (unpaired) electrons. The van der Waals surface area contributed by atoms with Gasteiger partial charge in [0.2, 0.25) is 5.91 Å². The molecule has 0 aliphatic carbocycles. The van der Waals surface area contributed by atoms with E-state index >= 15 is 0 Å². The smallest absolute Gasteiger partial charge is 0.239 e. The summed E-state index contributed by atoms with van der Waals surface area (Å²) in [4.78, 5) is 14.0. The topological polar surface area (TPSA) is 64.8 Å². The van der Waals surface area contributed by atoms with E-state index < -0.39 is 6.04 Å². The monoisotopic (exact) mass is 292 g/mol. The number of fused-ring (bicyclic) bond motifs is 1. The molecular weight excluding hydrogens is 268 g/mol. The van der Waals surface area contributed by atoms with E-state index in [1.807, 2.05) is 32.0 Å². The average Bonchev–Trinajstić information content (AvgIpc) is 2.52. The molecule has 1 heterocycles. The van der Waals surface area contributed by atoms with Gasteiger partial charge in [0.1, 0.15) is 13.2 Å². The summed E-state index contributed by atoms with van der Waals surface area (Å²) in [7, 11) is 1.78. The minimum Gasteiger partial charge on any atom is -0.486 e. The van der Waals surface area contributed by atoms with Gasteiger partial charge in [-0.2, -0.15) is 0 Å². The van der Waals surface area contributed by atoms with Crippen LogP contribution in [0.25, 0.3) is 0 Å². The second kappa shape index (κ2) is 6.80. The largest absolute Gasteiger partial charge is 0.486 e. The Kier molecular flexibility index (Phi) is 5.07. The van der Waals surface area contributed by atoms with E-state index in [9.17, 15) is 4.79 Å². The number of amides is 1. The van der Waals surface area contributed by atoms with Crippen LogP contribution in [0.5, 0.6) is 11.5 Å². The minimum atomic E-state index is -0.447. The van der Waals surface area contributed by atoms with Crippen molar-refractivity contribution in [3.05, 3.63) is 23.8 Å². The summed E-state index contributed by atoms with van der Waals surface area (Å²) in [5, 5.41) is 0. The molecular formula is C16H24N2O3. The number of nitrogens with zero attached hydrogens (tertiary/aromatic N) is 1. The van der Waals surface area contributed by atoms with Crippen molar-refractivity contribution in [1.82, 2.24) is 4.90 Å². The van der Waals surface area contributed by atoms with Gasteiger partial charge in [-0.15, -0.1) is 0 Å². The Balaban J connectivity index is 2.02. The van der Waals surface area contributed by atoms with Crippen molar-refractivity contribution in [1.29, 1.82) is 0 Å². The molecule has 0 spiro atoms. The molecule has 5 nitrogen and oxygen atoms in total. The van der Waals surface area contributed by atoms with E-state index in [0.717, 1.165) is 23.5 Å². The van der Waals surface area contributed by atoms with Crippen molar-refractivity contribution in [3.63, 3.8) is 0 Å². The Morgan fingerprint density at radius 3 is 2.67 bits per heavy atom. The van der Waals surface area contributed by atoms with Gasteiger partial charge in [0.25, 0.3) is 0 Å². The maximum Gasteiger partial charge on any atom is 0.239 e. The number of nitrogens with two attached hydrogens (primary N) is 1. The van der Waals surface area contributed by atoms with Crippen molar-refractivity contribution in [2.24, 2.45) is 11.7 Å². The third-order valence-electron chi connectivity index (χ3n) is 3.94. The highest BCUT2D eigenvalue weighted by Gasteiger charge is 2.23. The number of benzene rings is 1. The van der Waals surface area contributed by atoms with E-state index in [2.05, 4.69) is 0 Å². The first-order chi connectivity index (χ1) is 10.0. The van der Waals surface area contributed by atoms with Crippen molar-refractivity contribution in [2.75, 3.05) is 20.3 Å². The average molecular weight is 292 g/mol. The van der Waals surface area contributed by atoms with Gasteiger partial charge in [-0.25, -0.2) is 0 Å². The fourth-order valence-corrected chi connectivity index (χ4v) is 2.29. The van der Waals surface area contributed by atoms with Gasteiger partial charge < -0.3 is 20.1 Å². The van der Waals surface area contributed by atoms with Crippen LogP contribution in [-0.4, -0.2) is 37.1 Å². The predicted octanol–water partition coefficient (Wildman–Crippen LogP) is 1.79. The third kappa shape index (κ3) is 3.67. The highest BCUT2D eigenvalue weighted by Crippen LogP contribution is 2.31. The summed E-state index contributed by atoms with van der Waals surface area (Å²) in [6.45, 7) is 5.69. The van der Waals surface area contributed by atoms with Crippen LogP contribution in [0.4, 0.5) is 0 Å². The zero-order valence-electron chi connectivity index (χ0n) is 13.0. The van der Waals surface area contributed by atoms with Gasteiger partial charge in [-0.05, 0) is 23.6 Å². The molecule has 0 saturated carbocycles. The molecule has 1 amide bonds. The molecule has 21 heavy (non-hydrogen) atoms. The fourth-order valence-electron chi connectivity index (χ4n) is 2.29. The van der Waals surface area contributed by atoms with E-state index in [1.54, 1.807) is 11.9 Å². The minimum absolute atomic E-state index is 0.0285. The number of likely N-dealkylation sites (N-methyl/N-ethyl adjacent to an activating group) is 1.